The Balaban J connectivity index is 1.80. The maximum absolute atomic E-state index is 5.03. The van der Waals surface area contributed by atoms with Crippen molar-refractivity contribution in [1.82, 2.24) is 0 Å². The molecule has 0 unspecified atom stereocenters. The number of ether oxygens (including phenoxy) is 1. The van der Waals surface area contributed by atoms with E-state index in [4.69, 9.17) is 4.74 Å². The molecule has 1 saturated carbocycles. The molecular weight excluding hydrogens is 88.1 g/mol. The zero-order valence-corrected chi connectivity index (χ0v) is 4.68. The average molecular weight is 99.2 g/mol. The van der Waals surface area contributed by atoms with Gasteiger partial charge in [-0.1, -0.05) is 0 Å². The normalized spacial score (nSPS) is 20.1. The van der Waals surface area contributed by atoms with Crippen LogP contribution in [0.2, 0.25) is 0 Å². The average Bonchev–Trinajstić information content (AvgIpc) is 2.42. The highest BCUT2D eigenvalue weighted by molar-refractivity contribution is 4.80. The van der Waals surface area contributed by atoms with Crippen molar-refractivity contribution in [2.75, 3.05) is 6.61 Å². The second-order valence-corrected chi connectivity index (χ2v) is 1.93. The van der Waals surface area contributed by atoms with Crippen LogP contribution in [0.5, 0.6) is 0 Å². The number of rotatable bonds is 3. The van der Waals surface area contributed by atoms with E-state index in [1.807, 2.05) is 13.5 Å². The van der Waals surface area contributed by atoms with E-state index in [1.54, 1.807) is 0 Å². The van der Waals surface area contributed by atoms with Crippen molar-refractivity contribution in [3.63, 3.8) is 0 Å². The summed E-state index contributed by atoms with van der Waals surface area (Å²) in [5.41, 5.74) is 0. The molecule has 0 aromatic rings. The fourth-order valence-corrected chi connectivity index (χ4v) is 0.465. The molecule has 41 valence electrons. The van der Waals surface area contributed by atoms with Gasteiger partial charge < -0.3 is 4.74 Å². The van der Waals surface area contributed by atoms with Crippen molar-refractivity contribution in [3.05, 3.63) is 6.61 Å². The second-order valence-electron chi connectivity index (χ2n) is 1.93. The summed E-state index contributed by atoms with van der Waals surface area (Å²) in [6.45, 7) is 4.80. The van der Waals surface area contributed by atoms with Gasteiger partial charge >= 0.3 is 0 Å². The van der Waals surface area contributed by atoms with Crippen molar-refractivity contribution in [1.29, 1.82) is 0 Å². The highest BCUT2D eigenvalue weighted by atomic mass is 16.5. The van der Waals surface area contributed by atoms with Crippen molar-refractivity contribution < 1.29 is 4.74 Å². The lowest BCUT2D eigenvalue weighted by Gasteiger charge is -1.92. The first kappa shape index (κ1) is 5.10. The van der Waals surface area contributed by atoms with E-state index in [2.05, 4.69) is 0 Å². The van der Waals surface area contributed by atoms with Crippen LogP contribution in [0.3, 0.4) is 0 Å². The third kappa shape index (κ3) is 1.93. The number of hydrogen-bond donors (Lipinski definition) is 0. The van der Waals surface area contributed by atoms with Crippen LogP contribution in [0.15, 0.2) is 0 Å². The summed E-state index contributed by atoms with van der Waals surface area (Å²) in [6, 6.07) is 0. The summed E-state index contributed by atoms with van der Waals surface area (Å²) in [6.07, 6.45) is 2.69. The highest BCUT2D eigenvalue weighted by Gasteiger charge is 2.21. The molecule has 0 amide bonds. The van der Waals surface area contributed by atoms with Crippen molar-refractivity contribution in [2.45, 2.75) is 19.8 Å². The molecule has 0 aromatic heterocycles. The van der Waals surface area contributed by atoms with Crippen LogP contribution in [0.4, 0.5) is 0 Å². The summed E-state index contributed by atoms with van der Waals surface area (Å²) in [4.78, 5) is 0. The Morgan fingerprint density at radius 1 is 1.71 bits per heavy atom. The summed E-state index contributed by atoms with van der Waals surface area (Å²) >= 11 is 0. The molecule has 1 rings (SSSR count). The van der Waals surface area contributed by atoms with E-state index in [0.29, 0.717) is 0 Å². The third-order valence-electron chi connectivity index (χ3n) is 1.08. The SMILES string of the molecule is CCO[CH]C1CC1. The molecule has 1 aliphatic rings. The van der Waals surface area contributed by atoms with Gasteiger partial charge in [-0.05, 0) is 25.7 Å². The molecule has 0 saturated heterocycles. The zero-order valence-electron chi connectivity index (χ0n) is 4.68. The Labute approximate surface area is 44.7 Å². The fraction of sp³-hybridized carbons (Fsp3) is 0.833. The minimum atomic E-state index is 0.806. The van der Waals surface area contributed by atoms with Gasteiger partial charge in [-0.25, -0.2) is 0 Å². The van der Waals surface area contributed by atoms with E-state index in [-0.39, 0.29) is 0 Å². The minimum Gasteiger partial charge on any atom is -0.376 e. The van der Waals surface area contributed by atoms with Gasteiger partial charge in [-0.3, -0.25) is 0 Å². The van der Waals surface area contributed by atoms with Gasteiger partial charge in [-0.2, -0.15) is 0 Å². The van der Waals surface area contributed by atoms with Gasteiger partial charge in [-0.15, -0.1) is 0 Å². The largest absolute Gasteiger partial charge is 0.376 e. The Bertz CT molecular complexity index is 48.1. The predicted molar refractivity (Wildman–Crippen MR) is 28.6 cm³/mol. The first-order chi connectivity index (χ1) is 3.43. The van der Waals surface area contributed by atoms with Crippen LogP contribution in [-0.2, 0) is 4.74 Å². The van der Waals surface area contributed by atoms with Gasteiger partial charge in [0.2, 0.25) is 0 Å². The predicted octanol–water partition coefficient (Wildman–Crippen LogP) is 1.59. The molecule has 1 nitrogen and oxygen atoms in total. The molecule has 0 bridgehead atoms. The summed E-state index contributed by atoms with van der Waals surface area (Å²) in [5, 5.41) is 0. The maximum Gasteiger partial charge on any atom is 0.0867 e. The van der Waals surface area contributed by atoms with Gasteiger partial charge in [0.25, 0.3) is 0 Å². The molecule has 1 aliphatic carbocycles. The monoisotopic (exact) mass is 99.1 g/mol. The molecule has 7 heavy (non-hydrogen) atoms. The summed E-state index contributed by atoms with van der Waals surface area (Å²) in [7, 11) is 0. The molecule has 0 heterocycles. The molecule has 0 aromatic carbocycles. The topological polar surface area (TPSA) is 9.23 Å². The Morgan fingerprint density at radius 3 is 2.86 bits per heavy atom. The van der Waals surface area contributed by atoms with Crippen LogP contribution in [0.25, 0.3) is 0 Å². The van der Waals surface area contributed by atoms with Crippen LogP contribution in [0, 0.1) is 12.5 Å². The van der Waals surface area contributed by atoms with Crippen LogP contribution >= 0.6 is 0 Å². The van der Waals surface area contributed by atoms with E-state index in [0.717, 1.165) is 12.5 Å². The lowest BCUT2D eigenvalue weighted by molar-refractivity contribution is 0.201. The molecular formula is C6H11O. The molecule has 0 aliphatic heterocycles. The van der Waals surface area contributed by atoms with Crippen molar-refractivity contribution in [3.8, 4) is 0 Å². The van der Waals surface area contributed by atoms with Crippen LogP contribution in [-0.4, -0.2) is 6.61 Å². The Hall–Kier alpha value is -0.0400. The van der Waals surface area contributed by atoms with E-state index in [1.165, 1.54) is 12.8 Å². The van der Waals surface area contributed by atoms with E-state index in [9.17, 15) is 0 Å². The standard InChI is InChI=1S/C6H11O/c1-2-7-5-6-3-4-6/h5-6H,2-4H2,1H3. The quantitative estimate of drug-likeness (QED) is 0.522. The van der Waals surface area contributed by atoms with E-state index >= 15 is 0 Å². The molecule has 0 N–H and O–H groups in total. The smallest absolute Gasteiger partial charge is 0.0867 e. The minimum absolute atomic E-state index is 0.806. The molecule has 1 heteroatoms. The maximum atomic E-state index is 5.03. The Kier molecular flexibility index (Phi) is 1.69. The lowest BCUT2D eigenvalue weighted by Crippen LogP contribution is -1.85. The summed E-state index contributed by atoms with van der Waals surface area (Å²) in [5.74, 6) is 0.806. The van der Waals surface area contributed by atoms with Gasteiger partial charge in [0.05, 0.1) is 6.61 Å². The van der Waals surface area contributed by atoms with Crippen molar-refractivity contribution in [2.24, 2.45) is 5.92 Å². The number of hydrogen-bond acceptors (Lipinski definition) is 1. The van der Waals surface area contributed by atoms with Crippen molar-refractivity contribution >= 4 is 0 Å². The first-order valence-electron chi connectivity index (χ1n) is 2.88. The Morgan fingerprint density at radius 2 is 2.43 bits per heavy atom. The van der Waals surface area contributed by atoms with Gasteiger partial charge in [0, 0.05) is 6.61 Å². The molecule has 1 radical (unpaired) electrons. The first-order valence-corrected chi connectivity index (χ1v) is 2.88. The lowest BCUT2D eigenvalue weighted by atomic mass is 10.5. The third-order valence-corrected chi connectivity index (χ3v) is 1.08. The zero-order chi connectivity index (χ0) is 5.11. The van der Waals surface area contributed by atoms with E-state index < -0.39 is 0 Å². The molecule has 1 fully saturated rings. The molecule has 0 spiro atoms. The summed E-state index contributed by atoms with van der Waals surface area (Å²) < 4.78 is 5.03. The van der Waals surface area contributed by atoms with Gasteiger partial charge in [0.1, 0.15) is 0 Å². The molecule has 0 atom stereocenters. The highest BCUT2D eigenvalue weighted by Crippen LogP contribution is 2.31. The fourth-order valence-electron chi connectivity index (χ4n) is 0.465. The van der Waals surface area contributed by atoms with Crippen LogP contribution < -0.4 is 0 Å². The second kappa shape index (κ2) is 2.31. The van der Waals surface area contributed by atoms with Gasteiger partial charge in [0.15, 0.2) is 0 Å². The van der Waals surface area contributed by atoms with Crippen LogP contribution in [0.1, 0.15) is 19.8 Å².